The summed E-state index contributed by atoms with van der Waals surface area (Å²) in [5.74, 6) is 0.510. The van der Waals surface area contributed by atoms with Crippen molar-refractivity contribution in [2.24, 2.45) is 5.92 Å². The summed E-state index contributed by atoms with van der Waals surface area (Å²) in [6.07, 6.45) is 4.49. The first kappa shape index (κ1) is 10.7. The van der Waals surface area contributed by atoms with Crippen LogP contribution in [0, 0.1) is 5.92 Å². The molecule has 13 heavy (non-hydrogen) atoms. The Morgan fingerprint density at radius 1 is 1.38 bits per heavy atom. The van der Waals surface area contributed by atoms with Crippen molar-refractivity contribution in [1.29, 1.82) is 0 Å². The maximum atomic E-state index is 11.5. The van der Waals surface area contributed by atoms with E-state index in [2.05, 4.69) is 0 Å². The van der Waals surface area contributed by atoms with E-state index in [1.165, 1.54) is 12.8 Å². The van der Waals surface area contributed by atoms with Crippen molar-refractivity contribution in [1.82, 2.24) is 0 Å². The highest BCUT2D eigenvalue weighted by atomic mass is 16.3. The Balaban J connectivity index is 2.16. The molecule has 1 rings (SSSR count). The van der Waals surface area contributed by atoms with Gasteiger partial charge in [0, 0.05) is 12.3 Å². The Bertz CT molecular complexity index is 162. The Kier molecular flexibility index (Phi) is 4.39. The number of ketones is 1. The van der Waals surface area contributed by atoms with E-state index in [-0.39, 0.29) is 18.3 Å². The highest BCUT2D eigenvalue weighted by Crippen LogP contribution is 2.26. The van der Waals surface area contributed by atoms with Crippen molar-refractivity contribution in [2.75, 3.05) is 6.61 Å². The first-order chi connectivity index (χ1) is 6.24. The van der Waals surface area contributed by atoms with E-state index in [0.29, 0.717) is 12.8 Å². The normalized spacial score (nSPS) is 20.5. The fourth-order valence-corrected chi connectivity index (χ4v) is 1.85. The topological polar surface area (TPSA) is 57.5 Å². The van der Waals surface area contributed by atoms with Crippen LogP contribution in [-0.4, -0.2) is 28.7 Å². The standard InChI is InChI=1S/C10H18O3/c11-7-9(12)5-6-10(13)8-3-1-2-4-8/h8-9,11-12H,1-7H2. The Labute approximate surface area is 78.8 Å². The molecular formula is C10H18O3. The second kappa shape index (κ2) is 5.35. The second-order valence-corrected chi connectivity index (χ2v) is 3.82. The molecule has 0 aromatic heterocycles. The summed E-state index contributed by atoms with van der Waals surface area (Å²) in [6.45, 7) is -0.238. The number of carbonyl (C=O) groups excluding carboxylic acids is 1. The van der Waals surface area contributed by atoms with Gasteiger partial charge in [-0.3, -0.25) is 4.79 Å². The van der Waals surface area contributed by atoms with E-state index in [1.54, 1.807) is 0 Å². The minimum atomic E-state index is -0.717. The van der Waals surface area contributed by atoms with Crippen LogP contribution in [0.15, 0.2) is 0 Å². The summed E-state index contributed by atoms with van der Waals surface area (Å²) in [5.41, 5.74) is 0. The van der Waals surface area contributed by atoms with Gasteiger partial charge in [-0.05, 0) is 19.3 Å². The molecule has 1 atom stereocenters. The molecule has 2 N–H and O–H groups in total. The molecule has 1 aliphatic carbocycles. The number of aliphatic hydroxyl groups is 2. The Morgan fingerprint density at radius 3 is 2.54 bits per heavy atom. The van der Waals surface area contributed by atoms with Crippen LogP contribution in [0.1, 0.15) is 38.5 Å². The molecule has 0 heterocycles. The summed E-state index contributed by atoms with van der Waals surface area (Å²) < 4.78 is 0. The van der Waals surface area contributed by atoms with Gasteiger partial charge < -0.3 is 10.2 Å². The highest BCUT2D eigenvalue weighted by Gasteiger charge is 2.22. The zero-order valence-corrected chi connectivity index (χ0v) is 7.91. The zero-order valence-electron chi connectivity index (χ0n) is 7.91. The molecular weight excluding hydrogens is 168 g/mol. The monoisotopic (exact) mass is 186 g/mol. The summed E-state index contributed by atoms with van der Waals surface area (Å²) in [4.78, 5) is 11.5. The van der Waals surface area contributed by atoms with Crippen molar-refractivity contribution in [2.45, 2.75) is 44.6 Å². The zero-order chi connectivity index (χ0) is 9.68. The molecule has 0 aromatic rings. The van der Waals surface area contributed by atoms with Crippen LogP contribution < -0.4 is 0 Å². The van der Waals surface area contributed by atoms with Crippen LogP contribution in [0.2, 0.25) is 0 Å². The maximum absolute atomic E-state index is 11.5. The summed E-state index contributed by atoms with van der Waals surface area (Å²) in [5, 5.41) is 17.6. The van der Waals surface area contributed by atoms with E-state index in [1.807, 2.05) is 0 Å². The average Bonchev–Trinajstić information content (AvgIpc) is 2.66. The number of hydrogen-bond donors (Lipinski definition) is 2. The molecule has 0 aliphatic heterocycles. The molecule has 76 valence electrons. The third-order valence-electron chi connectivity index (χ3n) is 2.75. The van der Waals surface area contributed by atoms with Gasteiger partial charge in [0.15, 0.2) is 0 Å². The van der Waals surface area contributed by atoms with Gasteiger partial charge in [-0.1, -0.05) is 12.8 Å². The van der Waals surface area contributed by atoms with Crippen LogP contribution in [-0.2, 0) is 4.79 Å². The molecule has 1 saturated carbocycles. The molecule has 0 radical (unpaired) electrons. The van der Waals surface area contributed by atoms with Gasteiger partial charge in [-0.25, -0.2) is 0 Å². The largest absolute Gasteiger partial charge is 0.394 e. The second-order valence-electron chi connectivity index (χ2n) is 3.82. The molecule has 1 unspecified atom stereocenters. The number of hydrogen-bond acceptors (Lipinski definition) is 3. The molecule has 0 spiro atoms. The van der Waals surface area contributed by atoms with E-state index < -0.39 is 6.10 Å². The van der Waals surface area contributed by atoms with Crippen molar-refractivity contribution in [3.8, 4) is 0 Å². The predicted molar refractivity (Wildman–Crippen MR) is 49.3 cm³/mol. The van der Waals surface area contributed by atoms with Crippen LogP contribution in [0.5, 0.6) is 0 Å². The van der Waals surface area contributed by atoms with Gasteiger partial charge >= 0.3 is 0 Å². The van der Waals surface area contributed by atoms with Crippen LogP contribution in [0.25, 0.3) is 0 Å². The van der Waals surface area contributed by atoms with Crippen molar-refractivity contribution >= 4 is 5.78 Å². The van der Waals surface area contributed by atoms with E-state index in [0.717, 1.165) is 12.8 Å². The van der Waals surface area contributed by atoms with Gasteiger partial charge in [0.2, 0.25) is 0 Å². The van der Waals surface area contributed by atoms with Crippen LogP contribution in [0.3, 0.4) is 0 Å². The maximum Gasteiger partial charge on any atom is 0.136 e. The fourth-order valence-electron chi connectivity index (χ4n) is 1.85. The van der Waals surface area contributed by atoms with Gasteiger partial charge in [0.1, 0.15) is 5.78 Å². The summed E-state index contributed by atoms with van der Waals surface area (Å²) in [7, 11) is 0. The minimum absolute atomic E-state index is 0.238. The quantitative estimate of drug-likeness (QED) is 0.670. The van der Waals surface area contributed by atoms with E-state index in [4.69, 9.17) is 10.2 Å². The fraction of sp³-hybridized carbons (Fsp3) is 0.900. The van der Waals surface area contributed by atoms with Gasteiger partial charge in [0.05, 0.1) is 12.7 Å². The lowest BCUT2D eigenvalue weighted by atomic mass is 9.98. The number of Topliss-reactive ketones (excluding diaryl/α,β-unsaturated/α-hetero) is 1. The lowest BCUT2D eigenvalue weighted by Gasteiger charge is -2.09. The molecule has 0 bridgehead atoms. The molecule has 3 nitrogen and oxygen atoms in total. The Hall–Kier alpha value is -0.410. The Morgan fingerprint density at radius 2 is 2.00 bits per heavy atom. The lowest BCUT2D eigenvalue weighted by Crippen LogP contribution is -2.17. The predicted octanol–water partition coefficient (Wildman–Crippen LogP) is 0.879. The molecule has 1 fully saturated rings. The van der Waals surface area contributed by atoms with Crippen LogP contribution in [0.4, 0.5) is 0 Å². The first-order valence-corrected chi connectivity index (χ1v) is 5.05. The highest BCUT2D eigenvalue weighted by molar-refractivity contribution is 5.81. The number of aliphatic hydroxyl groups excluding tert-OH is 2. The average molecular weight is 186 g/mol. The number of rotatable bonds is 5. The summed E-state index contributed by atoms with van der Waals surface area (Å²) in [6, 6.07) is 0. The van der Waals surface area contributed by atoms with E-state index in [9.17, 15) is 4.79 Å². The minimum Gasteiger partial charge on any atom is -0.394 e. The first-order valence-electron chi connectivity index (χ1n) is 5.05. The van der Waals surface area contributed by atoms with Gasteiger partial charge in [-0.2, -0.15) is 0 Å². The SMILES string of the molecule is O=C(CCC(O)CO)C1CCCC1. The lowest BCUT2D eigenvalue weighted by molar-refractivity contribution is -0.123. The van der Waals surface area contributed by atoms with E-state index >= 15 is 0 Å². The molecule has 1 aliphatic rings. The van der Waals surface area contributed by atoms with Gasteiger partial charge in [-0.15, -0.1) is 0 Å². The van der Waals surface area contributed by atoms with Crippen molar-refractivity contribution in [3.05, 3.63) is 0 Å². The van der Waals surface area contributed by atoms with Gasteiger partial charge in [0.25, 0.3) is 0 Å². The van der Waals surface area contributed by atoms with Crippen LogP contribution >= 0.6 is 0 Å². The molecule has 0 saturated heterocycles. The molecule has 3 heteroatoms. The molecule has 0 aromatic carbocycles. The third-order valence-corrected chi connectivity index (χ3v) is 2.75. The summed E-state index contributed by atoms with van der Waals surface area (Å²) >= 11 is 0. The van der Waals surface area contributed by atoms with Crippen molar-refractivity contribution in [3.63, 3.8) is 0 Å². The smallest absolute Gasteiger partial charge is 0.136 e. The van der Waals surface area contributed by atoms with Crippen molar-refractivity contribution < 1.29 is 15.0 Å². The third kappa shape index (κ3) is 3.44. The molecule has 0 amide bonds. The number of carbonyl (C=O) groups is 1.